The quantitative estimate of drug-likeness (QED) is 0.475. The average Bonchev–Trinajstić information content (AvgIpc) is 2.15. The number of piperazine rings is 1. The van der Waals surface area contributed by atoms with E-state index in [2.05, 4.69) is 16.8 Å². The van der Waals surface area contributed by atoms with Crippen molar-refractivity contribution in [2.45, 2.75) is 12.5 Å². The van der Waals surface area contributed by atoms with Gasteiger partial charge in [0.2, 0.25) is 0 Å². The number of nitrogens with zero attached hydrogens (tertiary/aromatic N) is 1. The van der Waals surface area contributed by atoms with Crippen LogP contribution in [0.2, 0.25) is 0 Å². The largest absolute Gasteiger partial charge is 0.314 e. The van der Waals surface area contributed by atoms with Gasteiger partial charge in [0.25, 0.3) is 0 Å². The second-order valence-electron chi connectivity index (χ2n) is 3.01. The molecule has 3 nitrogen and oxygen atoms in total. The standard InChI is InChI=1S/C9H16N2O/c1-2-3-9(8-12)11-6-4-10-5-7-11/h2,8-10H,1,3-7H2. The third-order valence-electron chi connectivity index (χ3n) is 2.19. The predicted molar refractivity (Wildman–Crippen MR) is 49.1 cm³/mol. The SMILES string of the molecule is C=CCC(C=O)N1CCNCC1. The zero-order valence-electron chi connectivity index (χ0n) is 7.33. The molecule has 1 atom stereocenters. The van der Waals surface area contributed by atoms with Crippen LogP contribution in [0.3, 0.4) is 0 Å². The maximum absolute atomic E-state index is 10.7. The lowest BCUT2D eigenvalue weighted by Gasteiger charge is -2.31. The number of nitrogens with one attached hydrogen (secondary N) is 1. The van der Waals surface area contributed by atoms with E-state index in [0.29, 0.717) is 0 Å². The van der Waals surface area contributed by atoms with Gasteiger partial charge in [-0.15, -0.1) is 6.58 Å². The van der Waals surface area contributed by atoms with Gasteiger partial charge in [-0.1, -0.05) is 6.08 Å². The number of rotatable bonds is 4. The smallest absolute Gasteiger partial charge is 0.137 e. The Kier molecular flexibility index (Phi) is 3.97. The van der Waals surface area contributed by atoms with Gasteiger partial charge >= 0.3 is 0 Å². The van der Waals surface area contributed by atoms with E-state index >= 15 is 0 Å². The monoisotopic (exact) mass is 168 g/mol. The zero-order chi connectivity index (χ0) is 8.81. The third kappa shape index (κ3) is 2.43. The van der Waals surface area contributed by atoms with Crippen molar-refractivity contribution in [3.05, 3.63) is 12.7 Å². The van der Waals surface area contributed by atoms with Crippen molar-refractivity contribution in [2.24, 2.45) is 0 Å². The molecule has 0 bridgehead atoms. The van der Waals surface area contributed by atoms with Crippen molar-refractivity contribution in [1.82, 2.24) is 10.2 Å². The summed E-state index contributed by atoms with van der Waals surface area (Å²) in [4.78, 5) is 12.9. The molecule has 0 radical (unpaired) electrons. The molecule has 1 aliphatic heterocycles. The molecule has 0 amide bonds. The first-order valence-corrected chi connectivity index (χ1v) is 4.39. The minimum absolute atomic E-state index is 0.0459. The van der Waals surface area contributed by atoms with E-state index < -0.39 is 0 Å². The van der Waals surface area contributed by atoms with E-state index in [9.17, 15) is 4.79 Å². The molecular weight excluding hydrogens is 152 g/mol. The molecule has 0 aromatic rings. The summed E-state index contributed by atoms with van der Waals surface area (Å²) in [6, 6.07) is 0.0459. The first-order chi connectivity index (χ1) is 5.88. The highest BCUT2D eigenvalue weighted by Gasteiger charge is 2.17. The molecule has 3 heteroatoms. The molecule has 1 fully saturated rings. The first kappa shape index (κ1) is 9.42. The van der Waals surface area contributed by atoms with Crippen molar-refractivity contribution < 1.29 is 4.79 Å². The van der Waals surface area contributed by atoms with Gasteiger partial charge in [0.15, 0.2) is 0 Å². The molecule has 0 aromatic carbocycles. The summed E-state index contributed by atoms with van der Waals surface area (Å²) in [5.74, 6) is 0. The normalized spacial score (nSPS) is 21.7. The lowest BCUT2D eigenvalue weighted by molar-refractivity contribution is -0.112. The van der Waals surface area contributed by atoms with Crippen LogP contribution in [-0.2, 0) is 4.79 Å². The Bertz CT molecular complexity index is 153. The summed E-state index contributed by atoms with van der Waals surface area (Å²) in [6.07, 6.45) is 3.59. The summed E-state index contributed by atoms with van der Waals surface area (Å²) in [5.41, 5.74) is 0. The Labute approximate surface area is 73.4 Å². The predicted octanol–water partition coefficient (Wildman–Crippen LogP) is 0.0352. The lowest BCUT2D eigenvalue weighted by Crippen LogP contribution is -2.48. The fourth-order valence-corrected chi connectivity index (χ4v) is 1.48. The van der Waals surface area contributed by atoms with E-state index in [0.717, 1.165) is 38.9 Å². The van der Waals surface area contributed by atoms with Gasteiger partial charge in [-0.2, -0.15) is 0 Å². The minimum Gasteiger partial charge on any atom is -0.314 e. The van der Waals surface area contributed by atoms with Crippen LogP contribution < -0.4 is 5.32 Å². The van der Waals surface area contributed by atoms with Gasteiger partial charge in [-0.05, 0) is 6.42 Å². The second kappa shape index (κ2) is 5.06. The Morgan fingerprint density at radius 1 is 1.50 bits per heavy atom. The Hall–Kier alpha value is -0.670. The summed E-state index contributed by atoms with van der Waals surface area (Å²) in [7, 11) is 0. The van der Waals surface area contributed by atoms with Crippen molar-refractivity contribution >= 4 is 6.29 Å². The fourth-order valence-electron chi connectivity index (χ4n) is 1.48. The molecule has 1 unspecified atom stereocenters. The highest BCUT2D eigenvalue weighted by Crippen LogP contribution is 2.03. The highest BCUT2D eigenvalue weighted by atomic mass is 16.1. The molecule has 1 rings (SSSR count). The molecule has 0 saturated carbocycles. The Morgan fingerprint density at radius 3 is 2.67 bits per heavy atom. The molecule has 0 aliphatic carbocycles. The number of hydrogen-bond acceptors (Lipinski definition) is 3. The second-order valence-corrected chi connectivity index (χ2v) is 3.01. The molecule has 1 saturated heterocycles. The molecule has 0 spiro atoms. The van der Waals surface area contributed by atoms with E-state index in [1.807, 2.05) is 0 Å². The van der Waals surface area contributed by atoms with E-state index in [1.54, 1.807) is 6.08 Å². The maximum Gasteiger partial charge on any atom is 0.137 e. The Balaban J connectivity index is 2.39. The van der Waals surface area contributed by atoms with Crippen LogP contribution in [0.25, 0.3) is 0 Å². The fraction of sp³-hybridized carbons (Fsp3) is 0.667. The zero-order valence-corrected chi connectivity index (χ0v) is 7.33. The van der Waals surface area contributed by atoms with Crippen molar-refractivity contribution in [3.8, 4) is 0 Å². The summed E-state index contributed by atoms with van der Waals surface area (Å²) in [6.45, 7) is 7.56. The minimum atomic E-state index is 0.0459. The van der Waals surface area contributed by atoms with Gasteiger partial charge in [0, 0.05) is 26.2 Å². The van der Waals surface area contributed by atoms with E-state index in [4.69, 9.17) is 0 Å². The van der Waals surface area contributed by atoms with Crippen molar-refractivity contribution in [2.75, 3.05) is 26.2 Å². The first-order valence-electron chi connectivity index (χ1n) is 4.39. The van der Waals surface area contributed by atoms with Crippen LogP contribution in [0.5, 0.6) is 0 Å². The van der Waals surface area contributed by atoms with Gasteiger partial charge in [0.05, 0.1) is 6.04 Å². The molecule has 1 N–H and O–H groups in total. The van der Waals surface area contributed by atoms with Crippen LogP contribution in [0.4, 0.5) is 0 Å². The van der Waals surface area contributed by atoms with Crippen molar-refractivity contribution in [3.63, 3.8) is 0 Å². The van der Waals surface area contributed by atoms with Crippen molar-refractivity contribution in [1.29, 1.82) is 0 Å². The third-order valence-corrected chi connectivity index (χ3v) is 2.19. The molecule has 1 heterocycles. The van der Waals surface area contributed by atoms with E-state index in [1.165, 1.54) is 0 Å². The van der Waals surface area contributed by atoms with Gasteiger partial charge in [-0.3, -0.25) is 4.90 Å². The summed E-state index contributed by atoms with van der Waals surface area (Å²) >= 11 is 0. The maximum atomic E-state index is 10.7. The lowest BCUT2D eigenvalue weighted by atomic mass is 10.2. The number of carbonyl (C=O) groups is 1. The molecular formula is C9H16N2O. The van der Waals surface area contributed by atoms with Gasteiger partial charge < -0.3 is 10.1 Å². The number of carbonyl (C=O) groups excluding carboxylic acids is 1. The highest BCUT2D eigenvalue weighted by molar-refractivity contribution is 5.57. The van der Waals surface area contributed by atoms with Crippen LogP contribution in [0.15, 0.2) is 12.7 Å². The van der Waals surface area contributed by atoms with Gasteiger partial charge in [0.1, 0.15) is 6.29 Å². The summed E-state index contributed by atoms with van der Waals surface area (Å²) in [5, 5.41) is 3.25. The van der Waals surface area contributed by atoms with Gasteiger partial charge in [-0.25, -0.2) is 0 Å². The number of aldehydes is 1. The number of hydrogen-bond donors (Lipinski definition) is 1. The Morgan fingerprint density at radius 2 is 2.17 bits per heavy atom. The molecule has 0 aromatic heterocycles. The average molecular weight is 168 g/mol. The topological polar surface area (TPSA) is 32.3 Å². The summed E-state index contributed by atoms with van der Waals surface area (Å²) < 4.78 is 0. The van der Waals surface area contributed by atoms with Crippen LogP contribution >= 0.6 is 0 Å². The van der Waals surface area contributed by atoms with Crippen LogP contribution in [0.1, 0.15) is 6.42 Å². The van der Waals surface area contributed by atoms with Crippen LogP contribution in [-0.4, -0.2) is 43.4 Å². The molecule has 12 heavy (non-hydrogen) atoms. The molecule has 1 aliphatic rings. The van der Waals surface area contributed by atoms with Crippen LogP contribution in [0, 0.1) is 0 Å². The molecule has 68 valence electrons. The van der Waals surface area contributed by atoms with E-state index in [-0.39, 0.29) is 6.04 Å².